The van der Waals surface area contributed by atoms with E-state index >= 15 is 0 Å². The first-order valence-electron chi connectivity index (χ1n) is 9.62. The number of hydrogen-bond acceptors (Lipinski definition) is 1. The first-order valence-corrected chi connectivity index (χ1v) is 11.8. The third kappa shape index (κ3) is 3.59. The number of hydrogen-bond donors (Lipinski definition) is 0. The monoisotopic (exact) mass is 384 g/mol. The summed E-state index contributed by atoms with van der Waals surface area (Å²) in [5.41, 5.74) is 1.31. The summed E-state index contributed by atoms with van der Waals surface area (Å²) < 4.78 is 5.50. The Labute approximate surface area is 168 Å². The summed E-state index contributed by atoms with van der Waals surface area (Å²) in [7, 11) is -0.524. The van der Waals surface area contributed by atoms with E-state index in [-0.39, 0.29) is 0 Å². The molecule has 4 aromatic carbocycles. The number of rotatable bonds is 6. The Morgan fingerprint density at radius 3 is 1.46 bits per heavy atom. The van der Waals surface area contributed by atoms with Crippen molar-refractivity contribution in [1.82, 2.24) is 0 Å². The van der Waals surface area contributed by atoms with Gasteiger partial charge >= 0.3 is 168 Å². The standard InChI is InChI=1S/C26H25OP/c1-27-23-13-11-12-22(20-23)21-28(24-14-5-2-6-15-24,25-16-7-3-8-17-25)26-18-9-4-10-19-26/h2-20,28H,21H2,1H3. The Bertz CT molecular complexity index is 917. The van der Waals surface area contributed by atoms with Crippen molar-refractivity contribution in [3.8, 4) is 5.75 Å². The average molecular weight is 384 g/mol. The van der Waals surface area contributed by atoms with Crippen LogP contribution in [0.5, 0.6) is 5.75 Å². The molecule has 0 aliphatic heterocycles. The van der Waals surface area contributed by atoms with Crippen LogP contribution < -0.4 is 20.7 Å². The quantitative estimate of drug-likeness (QED) is 0.429. The van der Waals surface area contributed by atoms with E-state index in [1.807, 2.05) is 6.07 Å². The Morgan fingerprint density at radius 1 is 0.571 bits per heavy atom. The zero-order chi connectivity index (χ0) is 19.2. The summed E-state index contributed by atoms with van der Waals surface area (Å²) in [4.78, 5) is 0. The summed E-state index contributed by atoms with van der Waals surface area (Å²) >= 11 is 0. The van der Waals surface area contributed by atoms with Crippen molar-refractivity contribution in [1.29, 1.82) is 0 Å². The van der Waals surface area contributed by atoms with Gasteiger partial charge in [0.15, 0.2) is 0 Å². The Hall–Kier alpha value is -2.89. The molecule has 0 saturated carbocycles. The minimum absolute atomic E-state index is 0.912. The molecule has 0 bridgehead atoms. The molecule has 0 aliphatic carbocycles. The molecule has 0 fully saturated rings. The van der Waals surface area contributed by atoms with Gasteiger partial charge in [-0.2, -0.15) is 0 Å². The summed E-state index contributed by atoms with van der Waals surface area (Å²) in [6, 6.07) is 41.6. The van der Waals surface area contributed by atoms with E-state index in [0.29, 0.717) is 0 Å². The fourth-order valence-corrected chi connectivity index (χ4v) is 8.79. The molecule has 0 heterocycles. The second-order valence-electron chi connectivity index (χ2n) is 7.03. The minimum atomic E-state index is -2.26. The molecular weight excluding hydrogens is 359 g/mol. The van der Waals surface area contributed by atoms with Crippen LogP contribution in [0.2, 0.25) is 0 Å². The van der Waals surface area contributed by atoms with Crippen LogP contribution in [0.3, 0.4) is 0 Å². The van der Waals surface area contributed by atoms with E-state index in [9.17, 15) is 0 Å². The third-order valence-corrected chi connectivity index (χ3v) is 10.3. The van der Waals surface area contributed by atoms with Crippen LogP contribution in [-0.4, -0.2) is 7.11 Å². The molecule has 0 N–H and O–H groups in total. The second kappa shape index (κ2) is 8.42. The van der Waals surface area contributed by atoms with Gasteiger partial charge in [-0.05, 0) is 0 Å². The molecule has 4 aromatic rings. The molecule has 1 nitrogen and oxygen atoms in total. The van der Waals surface area contributed by atoms with Gasteiger partial charge < -0.3 is 0 Å². The molecule has 0 radical (unpaired) electrons. The van der Waals surface area contributed by atoms with Gasteiger partial charge in [-0.25, -0.2) is 0 Å². The molecule has 0 aliphatic rings. The maximum absolute atomic E-state index is 5.50. The van der Waals surface area contributed by atoms with Gasteiger partial charge in [-0.3, -0.25) is 0 Å². The van der Waals surface area contributed by atoms with Gasteiger partial charge in [-0.1, -0.05) is 0 Å². The van der Waals surface area contributed by atoms with Gasteiger partial charge in [0.25, 0.3) is 0 Å². The van der Waals surface area contributed by atoms with E-state index in [0.717, 1.165) is 11.9 Å². The normalized spacial score (nSPS) is 11.8. The fraction of sp³-hybridized carbons (Fsp3) is 0.0769. The topological polar surface area (TPSA) is 9.23 Å². The molecule has 0 aromatic heterocycles. The predicted molar refractivity (Wildman–Crippen MR) is 123 cm³/mol. The average Bonchev–Trinajstić information content (AvgIpc) is 2.79. The van der Waals surface area contributed by atoms with Crippen molar-refractivity contribution >= 4 is 23.2 Å². The number of benzene rings is 4. The summed E-state index contributed by atoms with van der Waals surface area (Å²) in [6.07, 6.45) is 0.988. The van der Waals surface area contributed by atoms with Crippen LogP contribution in [0.15, 0.2) is 115 Å². The zero-order valence-corrected chi connectivity index (χ0v) is 17.1. The van der Waals surface area contributed by atoms with E-state index in [1.54, 1.807) is 7.11 Å². The number of ether oxygens (including phenoxy) is 1. The van der Waals surface area contributed by atoms with Gasteiger partial charge in [0.05, 0.1) is 0 Å². The van der Waals surface area contributed by atoms with Crippen LogP contribution in [0.25, 0.3) is 0 Å². The SMILES string of the molecule is COc1cccc(C[PH](c2ccccc2)(c2ccccc2)c2ccccc2)c1. The van der Waals surface area contributed by atoms with E-state index in [4.69, 9.17) is 4.74 Å². The fourth-order valence-electron chi connectivity index (χ4n) is 4.06. The number of methoxy groups -OCH3 is 1. The summed E-state index contributed by atoms with van der Waals surface area (Å²) in [6.45, 7) is 0. The zero-order valence-electron chi connectivity index (χ0n) is 16.1. The molecule has 4 rings (SSSR count). The molecule has 0 amide bonds. The van der Waals surface area contributed by atoms with Crippen molar-refractivity contribution in [2.45, 2.75) is 6.16 Å². The molecule has 0 atom stereocenters. The van der Waals surface area contributed by atoms with Crippen LogP contribution in [0.1, 0.15) is 5.56 Å². The van der Waals surface area contributed by atoms with Crippen molar-refractivity contribution in [2.24, 2.45) is 0 Å². The van der Waals surface area contributed by atoms with Gasteiger partial charge in [0, 0.05) is 0 Å². The van der Waals surface area contributed by atoms with Gasteiger partial charge in [0.1, 0.15) is 0 Å². The van der Waals surface area contributed by atoms with Crippen molar-refractivity contribution in [2.75, 3.05) is 7.11 Å². The van der Waals surface area contributed by atoms with Gasteiger partial charge in [-0.15, -0.1) is 0 Å². The first kappa shape index (κ1) is 18.5. The summed E-state index contributed by atoms with van der Waals surface area (Å²) in [5, 5.41) is 4.28. The van der Waals surface area contributed by atoms with E-state index in [1.165, 1.54) is 21.5 Å². The summed E-state index contributed by atoms with van der Waals surface area (Å²) in [5.74, 6) is 0.912. The van der Waals surface area contributed by atoms with Crippen LogP contribution in [-0.2, 0) is 6.16 Å². The third-order valence-electron chi connectivity index (χ3n) is 5.40. The van der Waals surface area contributed by atoms with Crippen LogP contribution >= 0.6 is 7.26 Å². The molecule has 140 valence electrons. The molecule has 2 heteroatoms. The Kier molecular flexibility index (Phi) is 5.55. The van der Waals surface area contributed by atoms with E-state index in [2.05, 4.69) is 109 Å². The van der Waals surface area contributed by atoms with Crippen LogP contribution in [0.4, 0.5) is 0 Å². The molecule has 0 unspecified atom stereocenters. The van der Waals surface area contributed by atoms with Crippen molar-refractivity contribution in [3.63, 3.8) is 0 Å². The molecule has 0 spiro atoms. The van der Waals surface area contributed by atoms with Crippen molar-refractivity contribution < 1.29 is 4.74 Å². The second-order valence-corrected chi connectivity index (χ2v) is 10.9. The Morgan fingerprint density at radius 2 is 1.04 bits per heavy atom. The van der Waals surface area contributed by atoms with Crippen molar-refractivity contribution in [3.05, 3.63) is 121 Å². The van der Waals surface area contributed by atoms with E-state index < -0.39 is 7.26 Å². The molecule has 28 heavy (non-hydrogen) atoms. The molecule has 0 saturated heterocycles. The predicted octanol–water partition coefficient (Wildman–Crippen LogP) is 4.92. The Balaban J connectivity index is 1.98. The first-order chi connectivity index (χ1) is 13.8. The van der Waals surface area contributed by atoms with Gasteiger partial charge in [0.2, 0.25) is 0 Å². The molecular formula is C26H25OP. The maximum atomic E-state index is 5.50. The van der Waals surface area contributed by atoms with Crippen LogP contribution in [0, 0.1) is 0 Å².